The smallest absolute Gasteiger partial charge is 0.355 e. The summed E-state index contributed by atoms with van der Waals surface area (Å²) < 4.78 is 27.9. The number of carbonyl (C=O) groups is 1. The molecule has 5 aromatic rings. The molecule has 2 aliphatic rings. The van der Waals surface area contributed by atoms with Gasteiger partial charge in [0.25, 0.3) is 0 Å². The third-order valence-corrected chi connectivity index (χ3v) is 9.13. The van der Waals surface area contributed by atoms with Gasteiger partial charge in [-0.15, -0.1) is 0 Å². The minimum Gasteiger partial charge on any atom is -0.493 e. The maximum Gasteiger partial charge on any atom is 0.355 e. The number of ether oxygens (including phenoxy) is 4. The van der Waals surface area contributed by atoms with Crippen molar-refractivity contribution in [1.29, 1.82) is 0 Å². The lowest BCUT2D eigenvalue weighted by atomic mass is 9.97. The summed E-state index contributed by atoms with van der Waals surface area (Å²) >= 11 is 0. The third-order valence-electron chi connectivity index (χ3n) is 9.13. The van der Waals surface area contributed by atoms with E-state index in [9.17, 15) is 4.79 Å². The lowest BCUT2D eigenvalue weighted by molar-refractivity contribution is 0.0336. The van der Waals surface area contributed by atoms with Gasteiger partial charge in [0.1, 0.15) is 11.4 Å². The van der Waals surface area contributed by atoms with Gasteiger partial charge < -0.3 is 23.5 Å². The first-order chi connectivity index (χ1) is 23.1. The number of nitrogens with zero attached hydrogens (tertiary/aromatic N) is 4. The van der Waals surface area contributed by atoms with E-state index in [1.807, 2.05) is 49.0 Å². The molecule has 0 radical (unpaired) electrons. The van der Waals surface area contributed by atoms with Gasteiger partial charge in [0.15, 0.2) is 0 Å². The van der Waals surface area contributed by atoms with Crippen molar-refractivity contribution in [3.63, 3.8) is 0 Å². The first-order valence-corrected chi connectivity index (χ1v) is 16.6. The zero-order valence-corrected chi connectivity index (χ0v) is 27.2. The fraction of sp³-hybridized carbons (Fsp3) is 0.368. The molecule has 0 N–H and O–H groups in total. The van der Waals surface area contributed by atoms with Gasteiger partial charge in [-0.2, -0.15) is 5.10 Å². The molecule has 0 spiro atoms. The maximum atomic E-state index is 13.8. The van der Waals surface area contributed by atoms with Gasteiger partial charge >= 0.3 is 5.97 Å². The molecule has 1 fully saturated rings. The summed E-state index contributed by atoms with van der Waals surface area (Å²) in [6.07, 6.45) is 5.51. The molecule has 0 unspecified atom stereocenters. The van der Waals surface area contributed by atoms with Gasteiger partial charge in [0, 0.05) is 55.1 Å². The molecule has 4 heterocycles. The lowest BCUT2D eigenvalue weighted by Gasteiger charge is -2.26. The molecule has 244 valence electrons. The van der Waals surface area contributed by atoms with E-state index in [2.05, 4.69) is 51.9 Å². The van der Waals surface area contributed by atoms with Crippen molar-refractivity contribution < 1.29 is 23.7 Å². The van der Waals surface area contributed by atoms with Crippen molar-refractivity contribution in [3.05, 3.63) is 95.5 Å². The number of fused-ring (bicyclic) bond motifs is 3. The average Bonchev–Trinajstić information content (AvgIpc) is 3.56. The van der Waals surface area contributed by atoms with Gasteiger partial charge in [-0.1, -0.05) is 66.7 Å². The fourth-order valence-corrected chi connectivity index (χ4v) is 6.95. The van der Waals surface area contributed by atoms with Crippen LogP contribution in [0.1, 0.15) is 40.8 Å². The summed E-state index contributed by atoms with van der Waals surface area (Å²) in [5.74, 6) is 0.566. The van der Waals surface area contributed by atoms with E-state index in [4.69, 9.17) is 24.0 Å². The minimum atomic E-state index is -0.306. The van der Waals surface area contributed by atoms with E-state index in [1.54, 1.807) is 0 Å². The number of esters is 1. The van der Waals surface area contributed by atoms with E-state index in [0.29, 0.717) is 51.6 Å². The van der Waals surface area contributed by atoms with E-state index < -0.39 is 0 Å². The monoisotopic (exact) mass is 634 g/mol. The first-order valence-electron chi connectivity index (χ1n) is 16.6. The van der Waals surface area contributed by atoms with Crippen molar-refractivity contribution in [2.24, 2.45) is 7.05 Å². The lowest BCUT2D eigenvalue weighted by Crippen LogP contribution is -2.35. The van der Waals surface area contributed by atoms with Crippen molar-refractivity contribution in [3.8, 4) is 16.9 Å². The molecule has 47 heavy (non-hydrogen) atoms. The molecule has 3 aromatic carbocycles. The Morgan fingerprint density at radius 1 is 0.957 bits per heavy atom. The topological polar surface area (TPSA) is 80.0 Å². The van der Waals surface area contributed by atoms with Crippen LogP contribution in [0.5, 0.6) is 5.75 Å². The summed E-state index contributed by atoms with van der Waals surface area (Å²) in [6.45, 7) is 7.99. The van der Waals surface area contributed by atoms with Crippen LogP contribution in [0.4, 0.5) is 0 Å². The number of morpholine rings is 1. The number of hydrogen-bond acceptors (Lipinski definition) is 7. The number of carbonyl (C=O) groups excluding carboxylic acids is 1. The van der Waals surface area contributed by atoms with Crippen LogP contribution in [-0.2, 0) is 47.4 Å². The number of benzene rings is 3. The largest absolute Gasteiger partial charge is 0.493 e. The first kappa shape index (κ1) is 31.2. The Hall–Kier alpha value is -4.44. The highest BCUT2D eigenvalue weighted by Crippen LogP contribution is 2.39. The van der Waals surface area contributed by atoms with Crippen LogP contribution < -0.4 is 4.74 Å². The summed E-state index contributed by atoms with van der Waals surface area (Å²) in [7, 11) is 1.99. The molecular formula is C38H42N4O5. The molecule has 2 aromatic heterocycles. The third kappa shape index (κ3) is 6.31. The van der Waals surface area contributed by atoms with Crippen LogP contribution in [0, 0.1) is 0 Å². The Kier molecular flexibility index (Phi) is 9.37. The van der Waals surface area contributed by atoms with Crippen molar-refractivity contribution >= 4 is 27.6 Å². The van der Waals surface area contributed by atoms with Gasteiger partial charge in [-0.25, -0.2) is 4.79 Å². The van der Waals surface area contributed by atoms with Crippen molar-refractivity contribution in [1.82, 2.24) is 19.2 Å². The van der Waals surface area contributed by atoms with Crippen LogP contribution >= 0.6 is 0 Å². The molecule has 7 rings (SSSR count). The quantitative estimate of drug-likeness (QED) is 0.107. The SMILES string of the molecule is CCOC(=O)c1c(CCCOc2cccc3ccccc23)c2cccc3c2n1CC=CCOCc1c-3c(CN2CCOCC2)nn1C. The molecule has 0 bridgehead atoms. The second kappa shape index (κ2) is 14.1. The van der Waals surface area contributed by atoms with E-state index in [-0.39, 0.29) is 5.97 Å². The second-order valence-corrected chi connectivity index (χ2v) is 12.1. The molecule has 9 heteroatoms. The minimum absolute atomic E-state index is 0.303. The Morgan fingerprint density at radius 2 is 1.77 bits per heavy atom. The number of aromatic nitrogens is 3. The molecule has 1 saturated heterocycles. The van der Waals surface area contributed by atoms with Crippen molar-refractivity contribution in [2.75, 3.05) is 46.1 Å². The van der Waals surface area contributed by atoms with Crippen LogP contribution in [0.3, 0.4) is 0 Å². The molecule has 2 aliphatic heterocycles. The molecule has 0 amide bonds. The summed E-state index contributed by atoms with van der Waals surface area (Å²) in [6, 6.07) is 20.8. The van der Waals surface area contributed by atoms with E-state index in [1.165, 1.54) is 0 Å². The Labute approximate surface area is 275 Å². The molecule has 9 nitrogen and oxygen atoms in total. The average molecular weight is 635 g/mol. The molecule has 0 atom stereocenters. The predicted molar refractivity (Wildman–Crippen MR) is 183 cm³/mol. The Balaban J connectivity index is 1.31. The number of aryl methyl sites for hydroxylation is 2. The molecule has 0 aliphatic carbocycles. The maximum absolute atomic E-state index is 13.8. The van der Waals surface area contributed by atoms with Crippen LogP contribution in [0.25, 0.3) is 32.8 Å². The highest BCUT2D eigenvalue weighted by Gasteiger charge is 2.29. The normalized spacial score (nSPS) is 15.4. The summed E-state index contributed by atoms with van der Waals surface area (Å²) in [5, 5.41) is 8.34. The number of rotatable bonds is 9. The highest BCUT2D eigenvalue weighted by atomic mass is 16.5. The summed E-state index contributed by atoms with van der Waals surface area (Å²) in [4.78, 5) is 16.2. The van der Waals surface area contributed by atoms with E-state index >= 15 is 0 Å². The molecule has 0 saturated carbocycles. The Morgan fingerprint density at radius 3 is 2.64 bits per heavy atom. The highest BCUT2D eigenvalue weighted by molar-refractivity contribution is 6.05. The van der Waals surface area contributed by atoms with Gasteiger partial charge in [0.05, 0.1) is 56.5 Å². The van der Waals surface area contributed by atoms with Gasteiger partial charge in [0.2, 0.25) is 0 Å². The number of para-hydroxylation sites is 1. The second-order valence-electron chi connectivity index (χ2n) is 12.1. The van der Waals surface area contributed by atoms with Crippen LogP contribution in [0.2, 0.25) is 0 Å². The van der Waals surface area contributed by atoms with Crippen molar-refractivity contribution in [2.45, 2.75) is 39.5 Å². The fourth-order valence-electron chi connectivity index (χ4n) is 6.95. The standard InChI is InChI=1S/C38H42N4O5/c1-3-46-38(43)37-30(16-10-22-47-34-17-8-12-27-11-4-5-13-28(27)34)29-14-9-15-31-35-32(25-41-19-23-44-24-20-41)39-40(2)33(35)26-45-21-7-6-18-42(37)36(29)31/h4-9,11-15,17H,3,10,16,18-26H2,1-2H3. The zero-order valence-electron chi connectivity index (χ0n) is 27.2. The van der Waals surface area contributed by atoms with Crippen LogP contribution in [0.15, 0.2) is 72.8 Å². The molecular weight excluding hydrogens is 592 g/mol. The van der Waals surface area contributed by atoms with Crippen LogP contribution in [-0.4, -0.2) is 71.3 Å². The number of hydrogen-bond donors (Lipinski definition) is 0. The number of allylic oxidation sites excluding steroid dienone is 1. The van der Waals surface area contributed by atoms with E-state index in [0.717, 1.165) is 88.2 Å². The Bertz CT molecular complexity index is 1910. The van der Waals surface area contributed by atoms with Gasteiger partial charge in [-0.05, 0) is 36.8 Å². The zero-order chi connectivity index (χ0) is 32.2. The predicted octanol–water partition coefficient (Wildman–Crippen LogP) is 6.30. The summed E-state index contributed by atoms with van der Waals surface area (Å²) in [5.41, 5.74) is 6.76. The van der Waals surface area contributed by atoms with Gasteiger partial charge in [-0.3, -0.25) is 9.58 Å².